The quantitative estimate of drug-likeness (QED) is 0.0313. The van der Waals surface area contributed by atoms with Crippen LogP contribution < -0.4 is 82.5 Å². The van der Waals surface area contributed by atoms with Crippen molar-refractivity contribution in [3.05, 3.63) is 216 Å². The lowest BCUT2D eigenvalue weighted by Crippen LogP contribution is -2.23. The van der Waals surface area contributed by atoms with Gasteiger partial charge in [-0.3, -0.25) is 20.4 Å². The van der Waals surface area contributed by atoms with E-state index in [0.717, 1.165) is 50.7 Å². The van der Waals surface area contributed by atoms with Gasteiger partial charge in [0.25, 0.3) is 11.8 Å². The van der Waals surface area contributed by atoms with Gasteiger partial charge in [-0.2, -0.15) is 4.98 Å². The third kappa shape index (κ3) is 17.6. The molecule has 12 aromatic rings. The fourth-order valence-corrected chi connectivity index (χ4v) is 9.42. The Kier molecular flexibility index (Phi) is 23.5. The number of hydrogen-bond acceptors (Lipinski definition) is 23. The van der Waals surface area contributed by atoms with Crippen LogP contribution >= 0.6 is 11.6 Å². The molecule has 0 saturated heterocycles. The van der Waals surface area contributed by atoms with Crippen LogP contribution in [0, 0.1) is 0 Å². The topological polar surface area (TPSA) is 370 Å². The summed E-state index contributed by atoms with van der Waals surface area (Å²) in [6, 6.07) is 48.4. The first kappa shape index (κ1) is 69.3. The third-order valence-electron chi connectivity index (χ3n) is 14.2. The smallest absolute Gasteiger partial charge is 0.270 e. The maximum atomic E-state index is 12.7. The molecule has 30 heteroatoms. The Morgan fingerprint density at radius 1 is 0.449 bits per heavy atom. The Labute approximate surface area is 567 Å². The number of carbonyl (C=O) groups is 2. The number of benzene rings is 7. The van der Waals surface area contributed by atoms with Gasteiger partial charge in [-0.1, -0.05) is 108 Å². The maximum absolute atomic E-state index is 12.7. The fourth-order valence-electron chi connectivity index (χ4n) is 9.29. The Hall–Kier alpha value is -13.1. The highest BCUT2D eigenvalue weighted by atomic mass is 35.5. The van der Waals surface area contributed by atoms with Crippen LogP contribution in [0.5, 0.6) is 46.0 Å². The predicted octanol–water partition coefficient (Wildman–Crippen LogP) is 9.89. The summed E-state index contributed by atoms with van der Waals surface area (Å²) in [4.78, 5) is 46.1. The first-order valence-corrected chi connectivity index (χ1v) is 29.9. The summed E-state index contributed by atoms with van der Waals surface area (Å²) >= 11 is 5.89. The summed E-state index contributed by atoms with van der Waals surface area (Å²) in [5.41, 5.74) is 42.8. The fraction of sp³-hybridized carbons (Fsp3) is 0.147. The highest BCUT2D eigenvalue weighted by molar-refractivity contribution is 6.30. The Morgan fingerprint density at radius 2 is 0.857 bits per heavy atom. The lowest BCUT2D eigenvalue weighted by Gasteiger charge is -2.14. The monoisotopic (exact) mass is 1350 g/mol. The summed E-state index contributed by atoms with van der Waals surface area (Å²) in [6.45, 7) is 0.873. The van der Waals surface area contributed by atoms with Gasteiger partial charge in [0, 0.05) is 56.9 Å². The third-order valence-corrected chi connectivity index (χ3v) is 14.5. The van der Waals surface area contributed by atoms with Crippen LogP contribution in [-0.4, -0.2) is 117 Å². The molecule has 506 valence electrons. The molecule has 0 spiro atoms. The van der Waals surface area contributed by atoms with E-state index in [1.807, 2.05) is 134 Å². The molecule has 2 amide bonds. The first-order valence-electron chi connectivity index (χ1n) is 29.6. The summed E-state index contributed by atoms with van der Waals surface area (Å²) < 4.78 is 53.3. The first-order chi connectivity index (χ1) is 47.5. The zero-order valence-corrected chi connectivity index (χ0v) is 55.2. The van der Waals surface area contributed by atoms with Gasteiger partial charge >= 0.3 is 0 Å². The number of nitrogen functional groups attached to an aromatic ring is 4. The molecule has 7 aromatic carbocycles. The zero-order chi connectivity index (χ0) is 69.7. The number of carbonyl (C=O) groups excluding carboxylic acids is 2. The van der Waals surface area contributed by atoms with Crippen molar-refractivity contribution in [3.8, 4) is 91.2 Å². The molecule has 98 heavy (non-hydrogen) atoms. The number of aromatic nitrogens is 10. The lowest BCUT2D eigenvalue weighted by atomic mass is 10.1. The average molecular weight is 1350 g/mol. The molecule has 0 aliphatic heterocycles. The Balaban J connectivity index is 0.000000154. The molecule has 12 rings (SSSR count). The molecule has 5 aromatic heterocycles. The van der Waals surface area contributed by atoms with Gasteiger partial charge < -0.3 is 76.2 Å². The van der Waals surface area contributed by atoms with Gasteiger partial charge in [0.15, 0.2) is 23.0 Å². The number of nitrogens with two attached hydrogens (primary N) is 4. The molecule has 0 aliphatic carbocycles. The average Bonchev–Trinajstić information content (AvgIpc) is 0.929. The van der Waals surface area contributed by atoms with Crippen molar-refractivity contribution in [3.63, 3.8) is 0 Å². The molecule has 0 bridgehead atoms. The van der Waals surface area contributed by atoms with E-state index in [1.165, 1.54) is 64.4 Å². The molecule has 0 atom stereocenters. The van der Waals surface area contributed by atoms with E-state index in [0.29, 0.717) is 93.0 Å². The van der Waals surface area contributed by atoms with E-state index in [-0.39, 0.29) is 17.8 Å². The Bertz CT molecular complexity index is 4510. The van der Waals surface area contributed by atoms with Crippen molar-refractivity contribution in [1.29, 1.82) is 0 Å². The molecule has 0 saturated carbocycles. The molecule has 0 fully saturated rings. The van der Waals surface area contributed by atoms with Crippen LogP contribution in [-0.2, 0) is 13.1 Å². The van der Waals surface area contributed by atoms with Gasteiger partial charge in [-0.05, 0) is 66.2 Å². The molecule has 0 aliphatic rings. The molecule has 5 heterocycles. The van der Waals surface area contributed by atoms with Gasteiger partial charge in [0.1, 0.15) is 18.0 Å². The van der Waals surface area contributed by atoms with Gasteiger partial charge in [0.2, 0.25) is 47.0 Å². The number of amides is 2. The summed E-state index contributed by atoms with van der Waals surface area (Å²) in [7, 11) is 12.2. The largest absolute Gasteiger partial charge is 0.497 e. The zero-order valence-electron chi connectivity index (χ0n) is 54.5. The molecule has 0 unspecified atom stereocenters. The summed E-state index contributed by atoms with van der Waals surface area (Å²) in [6.07, 6.45) is 8.36. The molecule has 12 N–H and O–H groups in total. The minimum Gasteiger partial charge on any atom is -0.497 e. The lowest BCUT2D eigenvalue weighted by molar-refractivity contribution is 0.0999. The maximum Gasteiger partial charge on any atom is 0.270 e. The number of nitrogens with one attached hydrogen (secondary N) is 4. The van der Waals surface area contributed by atoms with E-state index in [1.54, 1.807) is 66.2 Å². The van der Waals surface area contributed by atoms with Crippen LogP contribution in [0.1, 0.15) is 32.2 Å². The minimum atomic E-state index is -0.405. The number of anilines is 4. The van der Waals surface area contributed by atoms with Crippen LogP contribution in [0.25, 0.3) is 45.2 Å². The number of methoxy groups -OCH3 is 8. The second-order valence-electron chi connectivity index (χ2n) is 20.4. The van der Waals surface area contributed by atoms with E-state index in [2.05, 4.69) is 51.8 Å². The second kappa shape index (κ2) is 33.2. The minimum absolute atomic E-state index is 0.162. The molecular formula is C68H71ClN18O11. The van der Waals surface area contributed by atoms with E-state index < -0.39 is 5.91 Å². The Morgan fingerprint density at radius 3 is 1.26 bits per heavy atom. The highest BCUT2D eigenvalue weighted by Crippen LogP contribution is 2.40. The van der Waals surface area contributed by atoms with Crippen LogP contribution in [0.2, 0.25) is 5.02 Å². The van der Waals surface area contributed by atoms with Crippen molar-refractivity contribution in [2.45, 2.75) is 13.1 Å². The number of halogens is 1. The van der Waals surface area contributed by atoms with Crippen molar-refractivity contribution >= 4 is 47.2 Å². The van der Waals surface area contributed by atoms with Crippen molar-refractivity contribution < 1.29 is 52.0 Å². The normalized spacial score (nSPS) is 10.4. The SMILES string of the molecule is COc1cc(C(=O)Nn2cc(-c3ccccc3)nc2N)cc(OC)c1OC.COc1cc(C(=O)Nn2ccnc2N)cc(OC)c1OC.COc1cc(CNn2cc(-c3ccccc3)nc2N)cc(OC)c1.Nc1nc(-c2ccccc2)cn1NCc1nc(-c2ccc(Cl)cc2)no1. The summed E-state index contributed by atoms with van der Waals surface area (Å²) in [5, 5.41) is 4.63. The predicted molar refractivity (Wildman–Crippen MR) is 373 cm³/mol. The van der Waals surface area contributed by atoms with E-state index in [4.69, 9.17) is 77.0 Å². The summed E-state index contributed by atoms with van der Waals surface area (Å²) in [5.74, 6) is 5.09. The van der Waals surface area contributed by atoms with Gasteiger partial charge in [-0.15, -0.1) is 0 Å². The van der Waals surface area contributed by atoms with E-state index >= 15 is 0 Å². The molecule has 0 radical (unpaired) electrons. The van der Waals surface area contributed by atoms with Crippen LogP contribution in [0.4, 0.5) is 23.8 Å². The number of ether oxygens (including phenoxy) is 8. The van der Waals surface area contributed by atoms with Crippen molar-refractivity contribution in [2.24, 2.45) is 0 Å². The number of hydrogen-bond donors (Lipinski definition) is 8. The van der Waals surface area contributed by atoms with Crippen molar-refractivity contribution in [1.82, 2.24) is 48.8 Å². The highest BCUT2D eigenvalue weighted by Gasteiger charge is 2.21. The van der Waals surface area contributed by atoms with Gasteiger partial charge in [0.05, 0.1) is 99.1 Å². The molecule has 29 nitrogen and oxygen atoms in total. The number of rotatable bonds is 22. The number of imidazole rings is 4. The van der Waals surface area contributed by atoms with Crippen molar-refractivity contribution in [2.75, 3.05) is 102 Å². The van der Waals surface area contributed by atoms with Crippen LogP contribution in [0.15, 0.2) is 193 Å². The second-order valence-corrected chi connectivity index (χ2v) is 20.9. The standard InChI is InChI=1S/C19H20N4O4.C18H15ClN6O.C18H20N4O2.C13H16N4O4/c1-25-15-9-13(10-16(26-2)17(15)27-3)18(24)22-23-11-14(21-19(23)20)12-7-5-4-6-8-12;19-14-8-6-13(7-9-14)17-23-16(26-24-17)10-21-25-11-15(22-18(25)20)12-4-2-1-3-5-12;1-23-15-8-13(9-16(10-15)24-2)11-20-22-12-17(21-18(22)19)14-6-4-3-5-7-14;1-19-9-6-8(7-10(20-2)11(9)21-3)12(18)16-17-5-4-15-13(17)14/h4-11H,1-3H3,(H2,20,21)(H,22,24);1-9,11,21H,10H2,(H2,20,22);3-10,12,20H,11H2,1-2H3,(H2,19,21);4-7H,1-3H3,(H2,14,15)(H,16,18). The number of nitrogens with zero attached hydrogens (tertiary/aromatic N) is 10. The van der Waals surface area contributed by atoms with Crippen LogP contribution in [0.3, 0.4) is 0 Å². The molecular weight excluding hydrogens is 1280 g/mol. The van der Waals surface area contributed by atoms with E-state index in [9.17, 15) is 9.59 Å². The van der Waals surface area contributed by atoms with Gasteiger partial charge in [-0.25, -0.2) is 38.6 Å².